The van der Waals surface area contributed by atoms with E-state index in [2.05, 4.69) is 74.5 Å². The van der Waals surface area contributed by atoms with Gasteiger partial charge in [-0.05, 0) is 54.0 Å². The summed E-state index contributed by atoms with van der Waals surface area (Å²) in [6.45, 7) is 2.68. The monoisotopic (exact) mass is 362 g/mol. The van der Waals surface area contributed by atoms with Crippen molar-refractivity contribution in [1.29, 1.82) is 0 Å². The van der Waals surface area contributed by atoms with E-state index in [1.54, 1.807) is 0 Å². The standard InChI is InChI=1S/C21H22N4S/c26-21(23-13-8-17-5-2-1-3-6-17)25-16-15-24-14-4-7-19(24)20(25)18-9-11-22-12-10-18/h1-7,9-12,14,20H,8,13,15-16H2,(H,23,26)/t20-/m1/s1. The normalized spacial score (nSPS) is 16.2. The summed E-state index contributed by atoms with van der Waals surface area (Å²) in [6, 6.07) is 19.1. The third kappa shape index (κ3) is 3.48. The van der Waals surface area contributed by atoms with E-state index in [1.807, 2.05) is 18.5 Å². The molecule has 4 nitrogen and oxygen atoms in total. The summed E-state index contributed by atoms with van der Waals surface area (Å²) in [5.41, 5.74) is 3.81. The van der Waals surface area contributed by atoms with Gasteiger partial charge in [0.1, 0.15) is 0 Å². The van der Waals surface area contributed by atoms with Crippen molar-refractivity contribution in [3.63, 3.8) is 0 Å². The zero-order valence-electron chi connectivity index (χ0n) is 14.6. The minimum atomic E-state index is 0.124. The average Bonchev–Trinajstić information content (AvgIpc) is 3.17. The number of benzene rings is 1. The van der Waals surface area contributed by atoms with Gasteiger partial charge >= 0.3 is 0 Å². The first-order valence-corrected chi connectivity index (χ1v) is 9.37. The second-order valence-corrected chi connectivity index (χ2v) is 6.86. The van der Waals surface area contributed by atoms with Crippen molar-refractivity contribution < 1.29 is 0 Å². The number of nitrogens with one attached hydrogen (secondary N) is 1. The first-order chi connectivity index (χ1) is 12.8. The Morgan fingerprint density at radius 3 is 2.65 bits per heavy atom. The van der Waals surface area contributed by atoms with Crippen LogP contribution in [0.3, 0.4) is 0 Å². The average molecular weight is 363 g/mol. The minimum Gasteiger partial charge on any atom is -0.362 e. The molecule has 0 unspecified atom stereocenters. The molecule has 1 N–H and O–H groups in total. The summed E-state index contributed by atoms with van der Waals surface area (Å²) in [5, 5.41) is 4.27. The van der Waals surface area contributed by atoms with E-state index in [9.17, 15) is 0 Å². The zero-order valence-corrected chi connectivity index (χ0v) is 15.4. The molecule has 1 aliphatic heterocycles. The molecule has 4 rings (SSSR count). The number of aromatic nitrogens is 2. The molecule has 0 amide bonds. The van der Waals surface area contributed by atoms with Gasteiger partial charge in [0.05, 0.1) is 6.04 Å². The van der Waals surface area contributed by atoms with Crippen LogP contribution in [0, 0.1) is 0 Å². The van der Waals surface area contributed by atoms with E-state index in [0.717, 1.165) is 31.2 Å². The Morgan fingerprint density at radius 2 is 1.85 bits per heavy atom. The molecule has 1 aliphatic rings. The van der Waals surface area contributed by atoms with Crippen LogP contribution >= 0.6 is 12.2 Å². The highest BCUT2D eigenvalue weighted by Crippen LogP contribution is 2.32. The van der Waals surface area contributed by atoms with Crippen LogP contribution in [-0.4, -0.2) is 32.7 Å². The SMILES string of the molecule is S=C(NCCc1ccccc1)N1CCn2cccc2[C@H]1c1ccncc1. The van der Waals surface area contributed by atoms with E-state index in [0.29, 0.717) is 0 Å². The summed E-state index contributed by atoms with van der Waals surface area (Å²) in [4.78, 5) is 6.46. The first kappa shape index (κ1) is 16.8. The van der Waals surface area contributed by atoms with Crippen molar-refractivity contribution >= 4 is 17.3 Å². The molecule has 1 atom stereocenters. The second kappa shape index (κ2) is 7.70. The predicted octanol–water partition coefficient (Wildman–Crippen LogP) is 3.41. The van der Waals surface area contributed by atoms with E-state index in [1.165, 1.54) is 16.8 Å². The molecule has 0 aliphatic carbocycles. The van der Waals surface area contributed by atoms with Gasteiger partial charge in [0.2, 0.25) is 0 Å². The van der Waals surface area contributed by atoms with Crippen molar-refractivity contribution in [3.05, 3.63) is 90.0 Å². The van der Waals surface area contributed by atoms with Crippen LogP contribution in [0.5, 0.6) is 0 Å². The lowest BCUT2D eigenvalue weighted by atomic mass is 10.0. The summed E-state index contributed by atoms with van der Waals surface area (Å²) in [6.07, 6.45) is 6.81. The van der Waals surface area contributed by atoms with Crippen LogP contribution in [0.25, 0.3) is 0 Å². The number of thiocarbonyl (C=S) groups is 1. The van der Waals surface area contributed by atoms with Crippen molar-refractivity contribution in [2.75, 3.05) is 13.1 Å². The second-order valence-electron chi connectivity index (χ2n) is 6.47. The molecular weight excluding hydrogens is 340 g/mol. The maximum Gasteiger partial charge on any atom is 0.169 e. The third-order valence-electron chi connectivity index (χ3n) is 4.85. The van der Waals surface area contributed by atoms with Crippen molar-refractivity contribution in [2.45, 2.75) is 19.0 Å². The van der Waals surface area contributed by atoms with E-state index < -0.39 is 0 Å². The van der Waals surface area contributed by atoms with E-state index in [-0.39, 0.29) is 6.04 Å². The van der Waals surface area contributed by atoms with Gasteiger partial charge in [-0.25, -0.2) is 0 Å². The molecule has 132 valence electrons. The van der Waals surface area contributed by atoms with Crippen LogP contribution in [0.4, 0.5) is 0 Å². The largest absolute Gasteiger partial charge is 0.362 e. The maximum absolute atomic E-state index is 5.76. The van der Waals surface area contributed by atoms with Crippen molar-refractivity contribution in [3.8, 4) is 0 Å². The molecule has 0 radical (unpaired) electrons. The van der Waals surface area contributed by atoms with E-state index >= 15 is 0 Å². The van der Waals surface area contributed by atoms with Gasteiger partial charge < -0.3 is 14.8 Å². The van der Waals surface area contributed by atoms with Gasteiger partial charge in [-0.1, -0.05) is 30.3 Å². The predicted molar refractivity (Wildman–Crippen MR) is 108 cm³/mol. The fourth-order valence-corrected chi connectivity index (χ4v) is 3.86. The highest BCUT2D eigenvalue weighted by molar-refractivity contribution is 7.80. The lowest BCUT2D eigenvalue weighted by Crippen LogP contribution is -2.47. The molecule has 3 heterocycles. The molecule has 5 heteroatoms. The Bertz CT molecular complexity index is 860. The van der Waals surface area contributed by atoms with Crippen LogP contribution in [0.1, 0.15) is 22.9 Å². The Hall–Kier alpha value is -2.66. The molecule has 2 aromatic heterocycles. The molecule has 3 aromatic rings. The van der Waals surface area contributed by atoms with Crippen LogP contribution in [0.2, 0.25) is 0 Å². The van der Waals surface area contributed by atoms with Crippen LogP contribution in [-0.2, 0) is 13.0 Å². The fourth-order valence-electron chi connectivity index (χ4n) is 3.56. The Morgan fingerprint density at radius 1 is 1.04 bits per heavy atom. The van der Waals surface area contributed by atoms with Gasteiger partial charge in [-0.15, -0.1) is 0 Å². The highest BCUT2D eigenvalue weighted by atomic mass is 32.1. The Labute approximate surface area is 159 Å². The van der Waals surface area contributed by atoms with Crippen LogP contribution in [0.15, 0.2) is 73.2 Å². The third-order valence-corrected chi connectivity index (χ3v) is 5.23. The first-order valence-electron chi connectivity index (χ1n) is 8.96. The van der Waals surface area contributed by atoms with Gasteiger partial charge in [0.25, 0.3) is 0 Å². The molecule has 1 aromatic carbocycles. The lowest BCUT2D eigenvalue weighted by molar-refractivity contribution is 0.286. The van der Waals surface area contributed by atoms with Gasteiger partial charge in [-0.2, -0.15) is 0 Å². The molecule has 26 heavy (non-hydrogen) atoms. The van der Waals surface area contributed by atoms with Gasteiger partial charge in [-0.3, -0.25) is 4.98 Å². The molecular formula is C21H22N4S. The number of hydrogen-bond donors (Lipinski definition) is 1. The van der Waals surface area contributed by atoms with Crippen molar-refractivity contribution in [1.82, 2.24) is 19.8 Å². The molecule has 0 saturated heterocycles. The topological polar surface area (TPSA) is 33.1 Å². The molecule has 0 fully saturated rings. The summed E-state index contributed by atoms with van der Waals surface area (Å²) < 4.78 is 2.31. The smallest absolute Gasteiger partial charge is 0.169 e. The number of hydrogen-bond acceptors (Lipinski definition) is 2. The van der Waals surface area contributed by atoms with Gasteiger partial charge in [0.15, 0.2) is 5.11 Å². The summed E-state index contributed by atoms with van der Waals surface area (Å²) in [5.74, 6) is 0. The molecule has 0 spiro atoms. The molecule has 0 bridgehead atoms. The fraction of sp³-hybridized carbons (Fsp3) is 0.238. The highest BCUT2D eigenvalue weighted by Gasteiger charge is 2.30. The summed E-state index contributed by atoms with van der Waals surface area (Å²) in [7, 11) is 0. The Balaban J connectivity index is 1.50. The molecule has 0 saturated carbocycles. The van der Waals surface area contributed by atoms with Crippen LogP contribution < -0.4 is 5.32 Å². The number of pyridine rings is 1. The number of nitrogens with zero attached hydrogens (tertiary/aromatic N) is 3. The lowest BCUT2D eigenvalue weighted by Gasteiger charge is -2.39. The van der Waals surface area contributed by atoms with E-state index in [4.69, 9.17) is 12.2 Å². The minimum absolute atomic E-state index is 0.124. The quantitative estimate of drug-likeness (QED) is 0.721. The Kier molecular flexibility index (Phi) is 4.97. The van der Waals surface area contributed by atoms with Crippen molar-refractivity contribution in [2.24, 2.45) is 0 Å². The summed E-state index contributed by atoms with van der Waals surface area (Å²) >= 11 is 5.76. The number of rotatable bonds is 4. The maximum atomic E-state index is 5.76. The number of fused-ring (bicyclic) bond motifs is 1. The zero-order chi connectivity index (χ0) is 17.8. The van der Waals surface area contributed by atoms with Gasteiger partial charge in [0, 0.05) is 43.9 Å².